The summed E-state index contributed by atoms with van der Waals surface area (Å²) in [7, 11) is -0.575. The number of sulfonamides is 1. The quantitative estimate of drug-likeness (QED) is 0.535. The van der Waals surface area contributed by atoms with Crippen LogP contribution in [-0.2, 0) is 14.8 Å². The second kappa shape index (κ2) is 9.23. The lowest BCUT2D eigenvalue weighted by Crippen LogP contribution is -2.39. The van der Waals surface area contributed by atoms with Gasteiger partial charge < -0.3 is 9.47 Å². The summed E-state index contributed by atoms with van der Waals surface area (Å²) in [4.78, 5) is 12.2. The normalized spacial score (nSPS) is 11.3. The Bertz CT molecular complexity index is 956. The van der Waals surface area contributed by atoms with Gasteiger partial charge in [0, 0.05) is 0 Å². The third kappa shape index (κ3) is 5.71. The molecule has 28 heavy (non-hydrogen) atoms. The number of carbonyl (C=O) groups is 1. The minimum atomic E-state index is -3.63. The van der Waals surface area contributed by atoms with Gasteiger partial charge >= 0.3 is 0 Å². The molecule has 0 atom stereocenters. The van der Waals surface area contributed by atoms with Gasteiger partial charge in [0.15, 0.2) is 11.5 Å². The van der Waals surface area contributed by atoms with Crippen LogP contribution in [0.5, 0.6) is 11.5 Å². The SMILES string of the molecule is COc1ccc(/C=N\NC(=O)CN(c2ccc(C)cc2)S(C)(=O)=O)cc1OC. The van der Waals surface area contributed by atoms with Crippen LogP contribution >= 0.6 is 0 Å². The van der Waals surface area contributed by atoms with E-state index in [1.165, 1.54) is 20.4 Å². The monoisotopic (exact) mass is 405 g/mol. The average molecular weight is 405 g/mol. The van der Waals surface area contributed by atoms with Crippen LogP contribution < -0.4 is 19.2 Å². The molecule has 0 heterocycles. The molecule has 0 unspecified atom stereocenters. The lowest BCUT2D eigenvalue weighted by molar-refractivity contribution is -0.119. The van der Waals surface area contributed by atoms with Gasteiger partial charge in [0.1, 0.15) is 6.54 Å². The number of aryl methyl sites for hydroxylation is 1. The highest BCUT2D eigenvalue weighted by Gasteiger charge is 2.20. The van der Waals surface area contributed by atoms with E-state index in [0.717, 1.165) is 16.1 Å². The van der Waals surface area contributed by atoms with E-state index in [4.69, 9.17) is 9.47 Å². The number of anilines is 1. The number of hydrogen-bond donors (Lipinski definition) is 1. The Morgan fingerprint density at radius 1 is 1.11 bits per heavy atom. The van der Waals surface area contributed by atoms with Gasteiger partial charge in [-0.05, 0) is 42.8 Å². The number of rotatable bonds is 8. The molecule has 0 saturated heterocycles. The van der Waals surface area contributed by atoms with Gasteiger partial charge in [-0.25, -0.2) is 13.8 Å². The van der Waals surface area contributed by atoms with E-state index in [1.54, 1.807) is 42.5 Å². The molecule has 0 aliphatic carbocycles. The summed E-state index contributed by atoms with van der Waals surface area (Å²) in [6, 6.07) is 12.0. The van der Waals surface area contributed by atoms with Crippen molar-refractivity contribution in [2.75, 3.05) is 31.3 Å². The maximum absolute atomic E-state index is 12.2. The fraction of sp³-hybridized carbons (Fsp3) is 0.263. The van der Waals surface area contributed by atoms with Gasteiger partial charge in [0.05, 0.1) is 32.4 Å². The molecule has 2 aromatic carbocycles. The van der Waals surface area contributed by atoms with Crippen molar-refractivity contribution >= 4 is 27.8 Å². The first-order chi connectivity index (χ1) is 13.2. The highest BCUT2D eigenvalue weighted by Crippen LogP contribution is 2.26. The zero-order valence-corrected chi connectivity index (χ0v) is 17.0. The Hall–Kier alpha value is -3.07. The molecule has 2 aromatic rings. The highest BCUT2D eigenvalue weighted by atomic mass is 32.2. The topological polar surface area (TPSA) is 97.3 Å². The van der Waals surface area contributed by atoms with E-state index in [-0.39, 0.29) is 6.54 Å². The molecule has 8 nitrogen and oxygen atoms in total. The third-order valence-electron chi connectivity index (χ3n) is 3.82. The van der Waals surface area contributed by atoms with E-state index in [1.807, 2.05) is 6.92 Å². The molecule has 0 aliphatic heterocycles. The zero-order chi connectivity index (χ0) is 20.7. The second-order valence-electron chi connectivity index (χ2n) is 6.01. The summed E-state index contributed by atoms with van der Waals surface area (Å²) >= 11 is 0. The number of ether oxygens (including phenoxy) is 2. The van der Waals surface area contributed by atoms with Crippen LogP contribution in [0.15, 0.2) is 47.6 Å². The van der Waals surface area contributed by atoms with Gasteiger partial charge in [-0.1, -0.05) is 17.7 Å². The number of hydrazone groups is 1. The van der Waals surface area contributed by atoms with E-state index >= 15 is 0 Å². The molecule has 150 valence electrons. The largest absolute Gasteiger partial charge is 0.493 e. The highest BCUT2D eigenvalue weighted by molar-refractivity contribution is 7.92. The van der Waals surface area contributed by atoms with Crippen molar-refractivity contribution in [1.82, 2.24) is 5.43 Å². The Balaban J connectivity index is 2.07. The lowest BCUT2D eigenvalue weighted by Gasteiger charge is -2.21. The standard InChI is InChI=1S/C19H23N3O5S/c1-14-5-8-16(9-6-14)22(28(4,24)25)13-19(23)21-20-12-15-7-10-17(26-2)18(11-15)27-3/h5-12H,13H2,1-4H3,(H,21,23)/b20-12-. The first-order valence-electron chi connectivity index (χ1n) is 8.33. The average Bonchev–Trinajstić information content (AvgIpc) is 2.66. The van der Waals surface area contributed by atoms with E-state index in [2.05, 4.69) is 10.5 Å². The number of amides is 1. The summed E-state index contributed by atoms with van der Waals surface area (Å²) in [5, 5.41) is 3.87. The Kier molecular flexibility index (Phi) is 7.00. The fourth-order valence-electron chi connectivity index (χ4n) is 2.39. The minimum Gasteiger partial charge on any atom is -0.493 e. The van der Waals surface area contributed by atoms with E-state index in [9.17, 15) is 13.2 Å². The predicted octanol–water partition coefficient (Wildman–Crippen LogP) is 1.93. The number of benzene rings is 2. The van der Waals surface area contributed by atoms with Gasteiger partial charge in [0.25, 0.3) is 5.91 Å². The van der Waals surface area contributed by atoms with Crippen molar-refractivity contribution in [3.63, 3.8) is 0 Å². The Labute approximate surface area is 164 Å². The number of hydrogen-bond acceptors (Lipinski definition) is 6. The van der Waals surface area contributed by atoms with Crippen LogP contribution in [0.1, 0.15) is 11.1 Å². The summed E-state index contributed by atoms with van der Waals surface area (Å²) in [6.07, 6.45) is 2.48. The van der Waals surface area contributed by atoms with Crippen molar-refractivity contribution in [2.45, 2.75) is 6.92 Å². The second-order valence-corrected chi connectivity index (χ2v) is 7.92. The molecular weight excluding hydrogens is 382 g/mol. The molecule has 9 heteroatoms. The zero-order valence-electron chi connectivity index (χ0n) is 16.2. The van der Waals surface area contributed by atoms with Crippen LogP contribution in [0.25, 0.3) is 0 Å². The van der Waals surface area contributed by atoms with Crippen LogP contribution in [0, 0.1) is 6.92 Å². The van der Waals surface area contributed by atoms with Crippen molar-refractivity contribution in [1.29, 1.82) is 0 Å². The van der Waals surface area contributed by atoms with Crippen molar-refractivity contribution < 1.29 is 22.7 Å². The molecular formula is C19H23N3O5S. The van der Waals surface area contributed by atoms with Crippen LogP contribution in [0.2, 0.25) is 0 Å². The molecule has 0 aromatic heterocycles. The molecule has 0 spiro atoms. The first-order valence-corrected chi connectivity index (χ1v) is 10.2. The molecule has 0 aliphatic rings. The van der Waals surface area contributed by atoms with E-state index in [0.29, 0.717) is 22.7 Å². The molecule has 0 bridgehead atoms. The van der Waals surface area contributed by atoms with Crippen LogP contribution in [0.4, 0.5) is 5.69 Å². The Morgan fingerprint density at radius 3 is 2.32 bits per heavy atom. The molecule has 0 fully saturated rings. The van der Waals surface area contributed by atoms with Gasteiger partial charge in [0.2, 0.25) is 10.0 Å². The lowest BCUT2D eigenvalue weighted by atomic mass is 10.2. The summed E-state index contributed by atoms with van der Waals surface area (Å²) in [5.41, 5.74) is 4.41. The number of nitrogens with zero attached hydrogens (tertiary/aromatic N) is 2. The molecule has 2 rings (SSSR count). The summed E-state index contributed by atoms with van der Waals surface area (Å²) in [5.74, 6) is 0.536. The van der Waals surface area contributed by atoms with Crippen molar-refractivity contribution in [3.05, 3.63) is 53.6 Å². The molecule has 0 saturated carbocycles. The molecule has 1 amide bonds. The van der Waals surface area contributed by atoms with Crippen molar-refractivity contribution in [3.8, 4) is 11.5 Å². The minimum absolute atomic E-state index is 0.384. The number of nitrogens with one attached hydrogen (secondary N) is 1. The van der Waals surface area contributed by atoms with Gasteiger partial charge in [-0.15, -0.1) is 0 Å². The molecule has 1 N–H and O–H groups in total. The fourth-order valence-corrected chi connectivity index (χ4v) is 3.25. The molecule has 0 radical (unpaired) electrons. The van der Waals surface area contributed by atoms with E-state index < -0.39 is 15.9 Å². The van der Waals surface area contributed by atoms with Crippen LogP contribution in [-0.4, -0.2) is 47.6 Å². The van der Waals surface area contributed by atoms with Crippen LogP contribution in [0.3, 0.4) is 0 Å². The van der Waals surface area contributed by atoms with Crippen molar-refractivity contribution in [2.24, 2.45) is 5.10 Å². The van der Waals surface area contributed by atoms with Gasteiger partial charge in [-0.2, -0.15) is 5.10 Å². The number of carbonyl (C=O) groups excluding carboxylic acids is 1. The summed E-state index contributed by atoms with van der Waals surface area (Å²) < 4.78 is 35.5. The number of methoxy groups -OCH3 is 2. The first kappa shape index (κ1) is 21.2. The smallest absolute Gasteiger partial charge is 0.260 e. The summed E-state index contributed by atoms with van der Waals surface area (Å²) in [6.45, 7) is 1.51. The van der Waals surface area contributed by atoms with Gasteiger partial charge in [-0.3, -0.25) is 9.10 Å². The Morgan fingerprint density at radius 2 is 1.75 bits per heavy atom. The third-order valence-corrected chi connectivity index (χ3v) is 4.96. The maximum atomic E-state index is 12.2. The maximum Gasteiger partial charge on any atom is 0.260 e. The predicted molar refractivity (Wildman–Crippen MR) is 109 cm³/mol.